The van der Waals surface area contributed by atoms with Gasteiger partial charge in [-0.25, -0.2) is 0 Å². The molecule has 1 amide bonds. The van der Waals surface area contributed by atoms with Crippen LogP contribution < -0.4 is 10.6 Å². The molecule has 1 heterocycles. The number of nitrogens with zero attached hydrogens (tertiary/aromatic N) is 3. The number of hydrogen-bond donors (Lipinski definition) is 2. The van der Waals surface area contributed by atoms with Gasteiger partial charge in [-0.3, -0.25) is 9.79 Å². The number of halogens is 1. The van der Waals surface area contributed by atoms with Gasteiger partial charge in [0, 0.05) is 58.4 Å². The number of rotatable bonds is 6. The van der Waals surface area contributed by atoms with Crippen LogP contribution in [0.25, 0.3) is 0 Å². The van der Waals surface area contributed by atoms with Crippen LogP contribution in [-0.2, 0) is 6.42 Å². The van der Waals surface area contributed by atoms with Gasteiger partial charge >= 0.3 is 0 Å². The zero-order chi connectivity index (χ0) is 19.2. The first kappa shape index (κ1) is 22.9. The summed E-state index contributed by atoms with van der Waals surface area (Å²) in [6.45, 7) is 3.19. The molecule has 1 aromatic rings. The van der Waals surface area contributed by atoms with Crippen LogP contribution in [0.3, 0.4) is 0 Å². The van der Waals surface area contributed by atoms with Crippen molar-refractivity contribution < 1.29 is 4.79 Å². The van der Waals surface area contributed by atoms with Crippen LogP contribution in [0, 0.1) is 0 Å². The number of likely N-dealkylation sites (tertiary alicyclic amines) is 1. The lowest BCUT2D eigenvalue weighted by atomic mass is 10.1. The van der Waals surface area contributed by atoms with E-state index < -0.39 is 0 Å². The highest BCUT2D eigenvalue weighted by Crippen LogP contribution is 2.29. The van der Waals surface area contributed by atoms with Crippen LogP contribution in [0.2, 0.25) is 0 Å². The monoisotopic (exact) mass is 499 g/mol. The molecule has 3 rings (SSSR count). The molecule has 0 radical (unpaired) electrons. The minimum absolute atomic E-state index is 0. The molecule has 1 aliphatic heterocycles. The van der Waals surface area contributed by atoms with Crippen molar-refractivity contribution in [2.24, 2.45) is 4.99 Å². The number of benzene rings is 1. The lowest BCUT2D eigenvalue weighted by Crippen LogP contribution is -2.49. The molecule has 7 heteroatoms. The van der Waals surface area contributed by atoms with E-state index in [9.17, 15) is 4.79 Å². The number of amides is 1. The zero-order valence-electron chi connectivity index (χ0n) is 17.3. The third-order valence-electron chi connectivity index (χ3n) is 5.44. The summed E-state index contributed by atoms with van der Waals surface area (Å²) in [6.07, 6.45) is 6.01. The highest BCUT2D eigenvalue weighted by Gasteiger charge is 2.31. The Balaban J connectivity index is 0.00000280. The molecule has 1 aromatic carbocycles. The van der Waals surface area contributed by atoms with Crippen molar-refractivity contribution in [2.45, 2.75) is 44.2 Å². The normalized spacial score (nSPS) is 18.3. The topological polar surface area (TPSA) is 60.0 Å². The van der Waals surface area contributed by atoms with Crippen LogP contribution >= 0.6 is 24.0 Å². The second kappa shape index (κ2) is 11.0. The summed E-state index contributed by atoms with van der Waals surface area (Å²) in [5.74, 6) is 0.917. The average molecular weight is 499 g/mol. The molecule has 2 fully saturated rings. The fourth-order valence-electron chi connectivity index (χ4n) is 3.68. The van der Waals surface area contributed by atoms with Crippen LogP contribution in [0.4, 0.5) is 0 Å². The molecule has 1 saturated heterocycles. The summed E-state index contributed by atoms with van der Waals surface area (Å²) < 4.78 is 0. The third kappa shape index (κ3) is 6.62. The molecular formula is C21H34IN5O. The molecule has 2 aliphatic rings. The second-order valence-electron chi connectivity index (χ2n) is 7.83. The molecule has 28 heavy (non-hydrogen) atoms. The number of carbonyl (C=O) groups excluding carboxylic acids is 1. The highest BCUT2D eigenvalue weighted by molar-refractivity contribution is 14.0. The van der Waals surface area contributed by atoms with Crippen molar-refractivity contribution in [3.8, 4) is 0 Å². The smallest absolute Gasteiger partial charge is 0.253 e. The number of carbonyl (C=O) groups is 1. The van der Waals surface area contributed by atoms with Crippen LogP contribution in [-0.4, -0.2) is 74.5 Å². The number of nitrogens with one attached hydrogen (secondary N) is 2. The van der Waals surface area contributed by atoms with Gasteiger partial charge < -0.3 is 20.4 Å². The van der Waals surface area contributed by atoms with E-state index in [1.807, 2.05) is 25.2 Å². The van der Waals surface area contributed by atoms with Gasteiger partial charge in [0.1, 0.15) is 0 Å². The summed E-state index contributed by atoms with van der Waals surface area (Å²) in [6, 6.07) is 9.25. The summed E-state index contributed by atoms with van der Waals surface area (Å²) in [5, 5.41) is 6.98. The lowest BCUT2D eigenvalue weighted by Gasteiger charge is -2.33. The predicted octanol–water partition coefficient (Wildman–Crippen LogP) is 2.34. The fourth-order valence-corrected chi connectivity index (χ4v) is 3.68. The second-order valence-corrected chi connectivity index (χ2v) is 7.83. The van der Waals surface area contributed by atoms with Gasteiger partial charge in [-0.1, -0.05) is 12.1 Å². The average Bonchev–Trinajstić information content (AvgIpc) is 3.52. The molecular weight excluding hydrogens is 465 g/mol. The van der Waals surface area contributed by atoms with Crippen LogP contribution in [0.1, 0.15) is 41.6 Å². The largest absolute Gasteiger partial charge is 0.356 e. The van der Waals surface area contributed by atoms with Gasteiger partial charge in [0.05, 0.1) is 0 Å². The van der Waals surface area contributed by atoms with Crippen LogP contribution in [0.15, 0.2) is 29.3 Å². The maximum absolute atomic E-state index is 12.1. The van der Waals surface area contributed by atoms with Gasteiger partial charge in [-0.15, -0.1) is 24.0 Å². The Labute approximate surface area is 186 Å². The highest BCUT2D eigenvalue weighted by atomic mass is 127. The number of aliphatic imine (C=N–C) groups is 1. The molecule has 1 aliphatic carbocycles. The quantitative estimate of drug-likeness (QED) is 0.359. The van der Waals surface area contributed by atoms with Gasteiger partial charge in [-0.2, -0.15) is 0 Å². The van der Waals surface area contributed by atoms with E-state index in [0.717, 1.165) is 36.1 Å². The van der Waals surface area contributed by atoms with E-state index in [0.29, 0.717) is 6.04 Å². The third-order valence-corrected chi connectivity index (χ3v) is 5.44. The summed E-state index contributed by atoms with van der Waals surface area (Å²) in [4.78, 5) is 20.7. The van der Waals surface area contributed by atoms with Crippen molar-refractivity contribution in [2.75, 3.05) is 40.8 Å². The number of hydrogen-bond acceptors (Lipinski definition) is 3. The zero-order valence-corrected chi connectivity index (χ0v) is 19.6. The molecule has 6 nitrogen and oxygen atoms in total. The van der Waals surface area contributed by atoms with Crippen molar-refractivity contribution in [1.29, 1.82) is 0 Å². The van der Waals surface area contributed by atoms with Gasteiger partial charge in [0.2, 0.25) is 0 Å². The maximum atomic E-state index is 12.1. The molecule has 1 saturated carbocycles. The Morgan fingerprint density at radius 1 is 1.21 bits per heavy atom. The number of piperidine rings is 1. The molecule has 0 aromatic heterocycles. The molecule has 2 N–H and O–H groups in total. The molecule has 156 valence electrons. The Morgan fingerprint density at radius 3 is 2.54 bits per heavy atom. The van der Waals surface area contributed by atoms with Gasteiger partial charge in [0.25, 0.3) is 5.91 Å². The fraction of sp³-hybridized carbons (Fsp3) is 0.619. The van der Waals surface area contributed by atoms with E-state index in [1.54, 1.807) is 19.0 Å². The van der Waals surface area contributed by atoms with Crippen molar-refractivity contribution >= 4 is 35.8 Å². The van der Waals surface area contributed by atoms with E-state index in [-0.39, 0.29) is 29.9 Å². The first-order valence-corrected chi connectivity index (χ1v) is 10.1. The van der Waals surface area contributed by atoms with Crippen molar-refractivity contribution in [3.63, 3.8) is 0 Å². The minimum atomic E-state index is 0. The Hall–Kier alpha value is -1.35. The Morgan fingerprint density at radius 2 is 1.93 bits per heavy atom. The molecule has 0 atom stereocenters. The standard InChI is InChI=1S/C21H33N5O.HI/c1-22-21(24-18-10-13-26(14-11-18)19-7-8-19)23-12-9-16-5-4-6-17(15-16)20(27)25(2)3;/h4-6,15,18-19H,7-14H2,1-3H3,(H2,22,23,24);1H. The maximum Gasteiger partial charge on any atom is 0.253 e. The summed E-state index contributed by atoms with van der Waals surface area (Å²) in [5.41, 5.74) is 1.89. The SMILES string of the molecule is CN=C(NCCc1cccc(C(=O)N(C)C)c1)NC1CCN(C2CC2)CC1.I. The first-order chi connectivity index (χ1) is 13.1. The van der Waals surface area contributed by atoms with Crippen molar-refractivity contribution in [1.82, 2.24) is 20.4 Å². The van der Waals surface area contributed by atoms with Gasteiger partial charge in [0.15, 0.2) is 5.96 Å². The van der Waals surface area contributed by atoms with E-state index in [1.165, 1.54) is 38.8 Å². The molecule has 0 spiro atoms. The summed E-state index contributed by atoms with van der Waals surface area (Å²) in [7, 11) is 5.38. The van der Waals surface area contributed by atoms with E-state index in [2.05, 4.69) is 26.6 Å². The lowest BCUT2D eigenvalue weighted by molar-refractivity contribution is 0.0827. The van der Waals surface area contributed by atoms with E-state index >= 15 is 0 Å². The molecule has 0 bridgehead atoms. The summed E-state index contributed by atoms with van der Waals surface area (Å²) >= 11 is 0. The van der Waals surface area contributed by atoms with E-state index in [4.69, 9.17) is 0 Å². The van der Waals surface area contributed by atoms with Crippen molar-refractivity contribution in [3.05, 3.63) is 35.4 Å². The Kier molecular flexibility index (Phi) is 9.01. The minimum Gasteiger partial charge on any atom is -0.356 e. The number of guanidine groups is 1. The van der Waals surface area contributed by atoms with Gasteiger partial charge in [-0.05, 0) is 49.8 Å². The first-order valence-electron chi connectivity index (χ1n) is 10.1. The Bertz CT molecular complexity index is 667. The molecule has 0 unspecified atom stereocenters. The van der Waals surface area contributed by atoms with Crippen LogP contribution in [0.5, 0.6) is 0 Å². The predicted molar refractivity (Wildman–Crippen MR) is 126 cm³/mol.